The normalized spacial score (nSPS) is 17.9. The summed E-state index contributed by atoms with van der Waals surface area (Å²) in [4.78, 5) is 11.6. The predicted octanol–water partition coefficient (Wildman–Crippen LogP) is 2.79. The van der Waals surface area contributed by atoms with Crippen LogP contribution in [-0.4, -0.2) is 13.1 Å². The molecule has 1 aliphatic rings. The molecule has 0 saturated carbocycles. The number of benzene rings is 1. The van der Waals surface area contributed by atoms with E-state index in [0.29, 0.717) is 12.0 Å². The van der Waals surface area contributed by atoms with Gasteiger partial charge in [0.15, 0.2) is 0 Å². The second-order valence-corrected chi connectivity index (χ2v) is 3.77. The van der Waals surface area contributed by atoms with Gasteiger partial charge in [-0.2, -0.15) is 0 Å². The minimum Gasteiger partial charge on any atom is -0.496 e. The highest BCUT2D eigenvalue weighted by molar-refractivity contribution is 5.95. The van der Waals surface area contributed by atoms with Crippen molar-refractivity contribution in [1.29, 1.82) is 0 Å². The Balaban J connectivity index is 2.54. The van der Waals surface area contributed by atoms with Crippen molar-refractivity contribution in [3.05, 3.63) is 41.5 Å². The second-order valence-electron chi connectivity index (χ2n) is 3.77. The maximum atomic E-state index is 11.6. The molecular weight excluding hydrogens is 204 g/mol. The average Bonchev–Trinajstić information content (AvgIpc) is 2.58. The Hall–Kier alpha value is -1.77. The molecule has 1 unspecified atom stereocenters. The largest absolute Gasteiger partial charge is 0.496 e. The van der Waals surface area contributed by atoms with E-state index in [0.717, 1.165) is 16.9 Å². The molecule has 0 N–H and O–H groups in total. The van der Waals surface area contributed by atoms with E-state index in [2.05, 4.69) is 6.58 Å². The van der Waals surface area contributed by atoms with Crippen molar-refractivity contribution in [3.8, 4) is 5.75 Å². The standard InChI is InChI=1S/C13H14O3/c1-4-5-11-12-8(2)10(15-3)7-6-9(12)13(14)16-11/h4,6-7,11H,1,5H2,2-3H3. The third kappa shape index (κ3) is 1.48. The zero-order valence-corrected chi connectivity index (χ0v) is 9.45. The lowest BCUT2D eigenvalue weighted by Crippen LogP contribution is -1.99. The molecule has 1 atom stereocenters. The highest BCUT2D eigenvalue weighted by Gasteiger charge is 2.32. The number of rotatable bonds is 3. The second kappa shape index (κ2) is 4.00. The number of carbonyl (C=O) groups excluding carboxylic acids is 1. The van der Waals surface area contributed by atoms with Gasteiger partial charge >= 0.3 is 5.97 Å². The zero-order valence-electron chi connectivity index (χ0n) is 9.45. The SMILES string of the molecule is C=CCC1OC(=O)c2ccc(OC)c(C)c21. The topological polar surface area (TPSA) is 35.5 Å². The van der Waals surface area contributed by atoms with Gasteiger partial charge in [-0.3, -0.25) is 0 Å². The first-order valence-corrected chi connectivity index (χ1v) is 5.18. The summed E-state index contributed by atoms with van der Waals surface area (Å²) in [5.74, 6) is 0.527. The van der Waals surface area contributed by atoms with Crippen LogP contribution in [0.5, 0.6) is 5.75 Å². The number of fused-ring (bicyclic) bond motifs is 1. The lowest BCUT2D eigenvalue weighted by atomic mass is 9.97. The summed E-state index contributed by atoms with van der Waals surface area (Å²) in [7, 11) is 1.62. The number of cyclic esters (lactones) is 1. The Morgan fingerprint density at radius 1 is 1.56 bits per heavy atom. The Bertz CT molecular complexity index is 449. The van der Waals surface area contributed by atoms with Gasteiger partial charge in [0, 0.05) is 12.0 Å². The Labute approximate surface area is 94.7 Å². The quantitative estimate of drug-likeness (QED) is 0.578. The van der Waals surface area contributed by atoms with E-state index in [-0.39, 0.29) is 12.1 Å². The fourth-order valence-electron chi connectivity index (χ4n) is 2.09. The van der Waals surface area contributed by atoms with Gasteiger partial charge in [-0.05, 0) is 24.6 Å². The number of esters is 1. The van der Waals surface area contributed by atoms with Crippen molar-refractivity contribution in [2.45, 2.75) is 19.4 Å². The minimum atomic E-state index is -0.257. The number of ether oxygens (including phenoxy) is 2. The van der Waals surface area contributed by atoms with E-state index in [1.807, 2.05) is 6.92 Å². The van der Waals surface area contributed by atoms with Crippen molar-refractivity contribution >= 4 is 5.97 Å². The van der Waals surface area contributed by atoms with Gasteiger partial charge in [0.2, 0.25) is 0 Å². The van der Waals surface area contributed by atoms with Gasteiger partial charge in [-0.25, -0.2) is 4.79 Å². The van der Waals surface area contributed by atoms with Crippen LogP contribution < -0.4 is 4.74 Å². The molecule has 3 nitrogen and oxygen atoms in total. The van der Waals surface area contributed by atoms with Crippen LogP contribution in [0.25, 0.3) is 0 Å². The third-order valence-electron chi connectivity index (χ3n) is 2.86. The summed E-state index contributed by atoms with van der Waals surface area (Å²) < 4.78 is 10.5. The van der Waals surface area contributed by atoms with Gasteiger partial charge in [-0.1, -0.05) is 6.08 Å². The van der Waals surface area contributed by atoms with E-state index in [4.69, 9.17) is 9.47 Å². The molecule has 0 spiro atoms. The van der Waals surface area contributed by atoms with Gasteiger partial charge in [0.25, 0.3) is 0 Å². The van der Waals surface area contributed by atoms with Crippen LogP contribution in [0.3, 0.4) is 0 Å². The van der Waals surface area contributed by atoms with E-state index in [1.54, 1.807) is 25.3 Å². The molecular formula is C13H14O3. The average molecular weight is 218 g/mol. The predicted molar refractivity (Wildman–Crippen MR) is 60.7 cm³/mol. The summed E-state index contributed by atoms with van der Waals surface area (Å²) in [6.45, 7) is 5.61. The summed E-state index contributed by atoms with van der Waals surface area (Å²) in [5.41, 5.74) is 2.55. The first kappa shape index (κ1) is 10.7. The fourth-order valence-corrected chi connectivity index (χ4v) is 2.09. The Morgan fingerprint density at radius 2 is 2.31 bits per heavy atom. The highest BCUT2D eigenvalue weighted by Crippen LogP contribution is 2.38. The van der Waals surface area contributed by atoms with Gasteiger partial charge in [-0.15, -0.1) is 6.58 Å². The number of carbonyl (C=O) groups is 1. The van der Waals surface area contributed by atoms with E-state index in [9.17, 15) is 4.79 Å². The number of hydrogen-bond donors (Lipinski definition) is 0. The molecule has 2 rings (SSSR count). The van der Waals surface area contributed by atoms with Crippen LogP contribution in [0.1, 0.15) is 34.0 Å². The lowest BCUT2D eigenvalue weighted by molar-refractivity contribution is 0.0391. The molecule has 3 heteroatoms. The van der Waals surface area contributed by atoms with E-state index < -0.39 is 0 Å². The van der Waals surface area contributed by atoms with Crippen molar-refractivity contribution in [2.24, 2.45) is 0 Å². The fraction of sp³-hybridized carbons (Fsp3) is 0.308. The van der Waals surface area contributed by atoms with Crippen molar-refractivity contribution < 1.29 is 14.3 Å². The van der Waals surface area contributed by atoms with Crippen molar-refractivity contribution in [1.82, 2.24) is 0 Å². The summed E-state index contributed by atoms with van der Waals surface area (Å²) in [6, 6.07) is 3.55. The van der Waals surface area contributed by atoms with Gasteiger partial charge in [0.1, 0.15) is 11.9 Å². The number of methoxy groups -OCH3 is 1. The summed E-state index contributed by atoms with van der Waals surface area (Å²) in [5, 5.41) is 0. The molecule has 1 aliphatic heterocycles. The molecule has 0 radical (unpaired) electrons. The van der Waals surface area contributed by atoms with Crippen LogP contribution in [-0.2, 0) is 4.74 Å². The molecule has 1 heterocycles. The Morgan fingerprint density at radius 3 is 2.94 bits per heavy atom. The maximum Gasteiger partial charge on any atom is 0.339 e. The lowest BCUT2D eigenvalue weighted by Gasteiger charge is -2.12. The number of hydrogen-bond acceptors (Lipinski definition) is 3. The van der Waals surface area contributed by atoms with Crippen molar-refractivity contribution in [3.63, 3.8) is 0 Å². The minimum absolute atomic E-state index is 0.213. The molecule has 1 aromatic rings. The first-order chi connectivity index (χ1) is 7.69. The van der Waals surface area contributed by atoms with Gasteiger partial charge in [0.05, 0.1) is 12.7 Å². The van der Waals surface area contributed by atoms with E-state index >= 15 is 0 Å². The molecule has 0 aliphatic carbocycles. The monoisotopic (exact) mass is 218 g/mol. The van der Waals surface area contributed by atoms with Gasteiger partial charge < -0.3 is 9.47 Å². The molecule has 0 saturated heterocycles. The molecule has 0 aromatic heterocycles. The summed E-state index contributed by atoms with van der Waals surface area (Å²) in [6.07, 6.45) is 2.17. The van der Waals surface area contributed by atoms with Crippen LogP contribution in [0, 0.1) is 6.92 Å². The summed E-state index contributed by atoms with van der Waals surface area (Å²) >= 11 is 0. The molecule has 16 heavy (non-hydrogen) atoms. The first-order valence-electron chi connectivity index (χ1n) is 5.18. The molecule has 0 bridgehead atoms. The van der Waals surface area contributed by atoms with Crippen LogP contribution >= 0.6 is 0 Å². The molecule has 0 fully saturated rings. The van der Waals surface area contributed by atoms with Crippen LogP contribution in [0.15, 0.2) is 24.8 Å². The maximum absolute atomic E-state index is 11.6. The van der Waals surface area contributed by atoms with Crippen LogP contribution in [0.2, 0.25) is 0 Å². The Kier molecular flexibility index (Phi) is 2.69. The molecule has 1 aromatic carbocycles. The highest BCUT2D eigenvalue weighted by atomic mass is 16.5. The van der Waals surface area contributed by atoms with Crippen molar-refractivity contribution in [2.75, 3.05) is 7.11 Å². The third-order valence-corrected chi connectivity index (χ3v) is 2.86. The smallest absolute Gasteiger partial charge is 0.339 e. The molecule has 0 amide bonds. The molecule has 84 valence electrons. The van der Waals surface area contributed by atoms with Crippen LogP contribution in [0.4, 0.5) is 0 Å². The van der Waals surface area contributed by atoms with E-state index in [1.165, 1.54) is 0 Å². The zero-order chi connectivity index (χ0) is 11.7.